The van der Waals surface area contributed by atoms with Gasteiger partial charge in [-0.25, -0.2) is 0 Å². The summed E-state index contributed by atoms with van der Waals surface area (Å²) in [6.45, 7) is 4.09. The Kier molecular flexibility index (Phi) is 4.66. The SMILES string of the molecule is OCC1(CN2CCCCC2)CCCCCC1. The van der Waals surface area contributed by atoms with Crippen LogP contribution in [0.2, 0.25) is 0 Å². The van der Waals surface area contributed by atoms with Crippen LogP contribution in [-0.4, -0.2) is 36.2 Å². The van der Waals surface area contributed by atoms with Gasteiger partial charge in [0.05, 0.1) is 0 Å². The number of nitrogens with zero attached hydrogens (tertiary/aromatic N) is 1. The summed E-state index contributed by atoms with van der Waals surface area (Å²) in [4.78, 5) is 2.60. The van der Waals surface area contributed by atoms with E-state index in [1.54, 1.807) is 0 Å². The predicted octanol–water partition coefficient (Wildman–Crippen LogP) is 2.81. The summed E-state index contributed by atoms with van der Waals surface area (Å²) in [5, 5.41) is 9.77. The summed E-state index contributed by atoms with van der Waals surface area (Å²) in [6.07, 6.45) is 12.0. The number of likely N-dealkylation sites (tertiary alicyclic amines) is 1. The molecule has 1 aliphatic heterocycles. The van der Waals surface area contributed by atoms with Gasteiger partial charge >= 0.3 is 0 Å². The minimum absolute atomic E-state index is 0.244. The van der Waals surface area contributed by atoms with Gasteiger partial charge in [0.2, 0.25) is 0 Å². The molecular formula is C14H27NO. The third-order valence-electron chi connectivity index (χ3n) is 4.51. The second-order valence-electron chi connectivity index (χ2n) is 5.91. The van der Waals surface area contributed by atoms with Crippen LogP contribution in [-0.2, 0) is 0 Å². The first-order chi connectivity index (χ1) is 7.85. The van der Waals surface area contributed by atoms with Crippen LogP contribution < -0.4 is 0 Å². The lowest BCUT2D eigenvalue weighted by Crippen LogP contribution is -2.42. The van der Waals surface area contributed by atoms with Gasteiger partial charge in [-0.2, -0.15) is 0 Å². The van der Waals surface area contributed by atoms with Crippen molar-refractivity contribution in [3.05, 3.63) is 0 Å². The van der Waals surface area contributed by atoms with E-state index in [2.05, 4.69) is 4.90 Å². The Hall–Kier alpha value is -0.0800. The van der Waals surface area contributed by atoms with Crippen molar-refractivity contribution in [2.45, 2.75) is 57.8 Å². The first kappa shape index (κ1) is 12.4. The van der Waals surface area contributed by atoms with Crippen LogP contribution in [0.15, 0.2) is 0 Å². The maximum Gasteiger partial charge on any atom is 0.0499 e. The highest BCUT2D eigenvalue weighted by Crippen LogP contribution is 2.35. The molecule has 0 atom stereocenters. The van der Waals surface area contributed by atoms with Crippen LogP contribution >= 0.6 is 0 Å². The number of piperidine rings is 1. The van der Waals surface area contributed by atoms with Crippen LogP contribution in [0.4, 0.5) is 0 Å². The van der Waals surface area contributed by atoms with Gasteiger partial charge in [0.25, 0.3) is 0 Å². The third kappa shape index (κ3) is 3.21. The molecule has 2 nitrogen and oxygen atoms in total. The summed E-state index contributed by atoms with van der Waals surface area (Å²) in [6, 6.07) is 0. The van der Waals surface area contributed by atoms with Crippen molar-refractivity contribution in [1.29, 1.82) is 0 Å². The zero-order valence-electron chi connectivity index (χ0n) is 10.6. The van der Waals surface area contributed by atoms with Crippen LogP contribution in [0, 0.1) is 5.41 Å². The maximum absolute atomic E-state index is 9.77. The standard InChI is InChI=1S/C14H27NO/c16-13-14(8-4-1-2-5-9-14)12-15-10-6-3-7-11-15/h16H,1-13H2. The monoisotopic (exact) mass is 225 g/mol. The molecule has 1 aliphatic carbocycles. The smallest absolute Gasteiger partial charge is 0.0499 e. The Bertz CT molecular complexity index is 191. The Morgan fingerprint density at radius 1 is 0.812 bits per heavy atom. The summed E-state index contributed by atoms with van der Waals surface area (Å²) < 4.78 is 0. The van der Waals surface area contributed by atoms with Crippen molar-refractivity contribution < 1.29 is 5.11 Å². The maximum atomic E-state index is 9.77. The summed E-state index contributed by atoms with van der Waals surface area (Å²) in [5.41, 5.74) is 0.244. The van der Waals surface area contributed by atoms with E-state index in [1.807, 2.05) is 0 Å². The van der Waals surface area contributed by atoms with Gasteiger partial charge in [0.1, 0.15) is 0 Å². The van der Waals surface area contributed by atoms with E-state index in [4.69, 9.17) is 0 Å². The summed E-state index contributed by atoms with van der Waals surface area (Å²) in [5.74, 6) is 0. The van der Waals surface area contributed by atoms with Crippen molar-refractivity contribution >= 4 is 0 Å². The van der Waals surface area contributed by atoms with Crippen molar-refractivity contribution in [2.75, 3.05) is 26.2 Å². The highest BCUT2D eigenvalue weighted by Gasteiger charge is 2.32. The van der Waals surface area contributed by atoms with Crippen LogP contribution in [0.3, 0.4) is 0 Å². The lowest BCUT2D eigenvalue weighted by Gasteiger charge is -2.38. The average Bonchev–Trinajstić information content (AvgIpc) is 2.57. The number of hydrogen-bond donors (Lipinski definition) is 1. The van der Waals surface area contributed by atoms with E-state index < -0.39 is 0 Å². The highest BCUT2D eigenvalue weighted by molar-refractivity contribution is 4.85. The van der Waals surface area contributed by atoms with Gasteiger partial charge in [-0.1, -0.05) is 32.1 Å². The van der Waals surface area contributed by atoms with E-state index >= 15 is 0 Å². The van der Waals surface area contributed by atoms with Gasteiger partial charge < -0.3 is 10.0 Å². The molecule has 0 aromatic heterocycles. The first-order valence-electron chi connectivity index (χ1n) is 7.18. The average molecular weight is 225 g/mol. The first-order valence-corrected chi connectivity index (χ1v) is 7.18. The van der Waals surface area contributed by atoms with Gasteiger partial charge in [-0.3, -0.25) is 0 Å². The minimum atomic E-state index is 0.244. The molecule has 0 spiro atoms. The van der Waals surface area contributed by atoms with Crippen LogP contribution in [0.5, 0.6) is 0 Å². The largest absolute Gasteiger partial charge is 0.396 e. The lowest BCUT2D eigenvalue weighted by molar-refractivity contribution is 0.0520. The van der Waals surface area contributed by atoms with E-state index in [9.17, 15) is 5.11 Å². The molecule has 0 radical (unpaired) electrons. The summed E-state index contributed by atoms with van der Waals surface area (Å²) >= 11 is 0. The topological polar surface area (TPSA) is 23.5 Å². The van der Waals surface area contributed by atoms with Crippen molar-refractivity contribution in [2.24, 2.45) is 5.41 Å². The molecule has 0 aromatic carbocycles. The number of hydrogen-bond acceptors (Lipinski definition) is 2. The lowest BCUT2D eigenvalue weighted by atomic mass is 9.80. The third-order valence-corrected chi connectivity index (χ3v) is 4.51. The Morgan fingerprint density at radius 3 is 1.94 bits per heavy atom. The summed E-state index contributed by atoms with van der Waals surface area (Å²) in [7, 11) is 0. The molecule has 1 saturated heterocycles. The van der Waals surface area contributed by atoms with Gasteiger partial charge in [0, 0.05) is 18.6 Å². The van der Waals surface area contributed by atoms with E-state index in [-0.39, 0.29) is 5.41 Å². The molecule has 2 fully saturated rings. The molecule has 1 heterocycles. The zero-order valence-corrected chi connectivity index (χ0v) is 10.6. The minimum Gasteiger partial charge on any atom is -0.396 e. The molecular weight excluding hydrogens is 198 g/mol. The second kappa shape index (κ2) is 6.02. The number of aliphatic hydroxyl groups is 1. The molecule has 94 valence electrons. The molecule has 0 unspecified atom stereocenters. The van der Waals surface area contributed by atoms with Crippen molar-refractivity contribution in [1.82, 2.24) is 4.90 Å². The Morgan fingerprint density at radius 2 is 1.38 bits per heavy atom. The fourth-order valence-corrected chi connectivity index (χ4v) is 3.44. The number of aliphatic hydroxyl groups excluding tert-OH is 1. The Labute approximate surface area is 100 Å². The molecule has 0 aromatic rings. The molecule has 1 N–H and O–H groups in total. The molecule has 0 bridgehead atoms. The molecule has 0 amide bonds. The van der Waals surface area contributed by atoms with Crippen molar-refractivity contribution in [3.8, 4) is 0 Å². The fraction of sp³-hybridized carbons (Fsp3) is 1.00. The number of rotatable bonds is 3. The van der Waals surface area contributed by atoms with Crippen LogP contribution in [0.1, 0.15) is 57.8 Å². The van der Waals surface area contributed by atoms with E-state index in [0.717, 1.165) is 6.54 Å². The molecule has 2 rings (SSSR count). The van der Waals surface area contributed by atoms with Crippen LogP contribution in [0.25, 0.3) is 0 Å². The van der Waals surface area contributed by atoms with Gasteiger partial charge in [-0.05, 0) is 38.8 Å². The fourth-order valence-electron chi connectivity index (χ4n) is 3.44. The molecule has 2 aliphatic rings. The van der Waals surface area contributed by atoms with E-state index in [0.29, 0.717) is 6.61 Å². The quantitative estimate of drug-likeness (QED) is 0.747. The van der Waals surface area contributed by atoms with Gasteiger partial charge in [-0.15, -0.1) is 0 Å². The predicted molar refractivity (Wildman–Crippen MR) is 67.5 cm³/mol. The van der Waals surface area contributed by atoms with E-state index in [1.165, 1.54) is 70.9 Å². The molecule has 1 saturated carbocycles. The second-order valence-corrected chi connectivity index (χ2v) is 5.91. The Balaban J connectivity index is 1.90. The normalized spacial score (nSPS) is 27.6. The van der Waals surface area contributed by atoms with Gasteiger partial charge in [0.15, 0.2) is 0 Å². The zero-order chi connectivity index (χ0) is 11.3. The molecule has 16 heavy (non-hydrogen) atoms. The van der Waals surface area contributed by atoms with Crippen molar-refractivity contribution in [3.63, 3.8) is 0 Å². The highest BCUT2D eigenvalue weighted by atomic mass is 16.3. The molecule has 2 heteroatoms.